The average molecular weight is 486 g/mol. The average Bonchev–Trinajstić information content (AvgIpc) is 2.74. The molecule has 0 aromatic heterocycles. The van der Waals surface area contributed by atoms with E-state index in [2.05, 4.69) is 26.5 Å². The van der Waals surface area contributed by atoms with Gasteiger partial charge in [0.1, 0.15) is 6.54 Å². The smallest absolute Gasteiger partial charge is 0.264 e. The molecule has 0 unspecified atom stereocenters. The number of para-hydroxylation sites is 1. The highest BCUT2D eigenvalue weighted by atomic mass is 79.9. The predicted molar refractivity (Wildman–Crippen MR) is 122 cm³/mol. The van der Waals surface area contributed by atoms with Gasteiger partial charge in [-0.15, -0.1) is 0 Å². The number of carbonyl (C=O) groups excluding carboxylic acids is 1. The number of rotatable bonds is 7. The summed E-state index contributed by atoms with van der Waals surface area (Å²) in [5.41, 5.74) is 4.36. The molecule has 0 aliphatic rings. The van der Waals surface area contributed by atoms with Crippen molar-refractivity contribution in [1.82, 2.24) is 5.43 Å². The summed E-state index contributed by atoms with van der Waals surface area (Å²) in [7, 11) is -3.94. The Labute approximate surface area is 184 Å². The molecular weight excluding hydrogens is 466 g/mol. The minimum absolute atomic E-state index is 0.109. The minimum Gasteiger partial charge on any atom is -0.271 e. The molecule has 0 aliphatic heterocycles. The normalized spacial score (nSPS) is 11.4. The zero-order valence-electron chi connectivity index (χ0n) is 16.2. The summed E-state index contributed by atoms with van der Waals surface area (Å²) >= 11 is 3.40. The van der Waals surface area contributed by atoms with Gasteiger partial charge in [-0.05, 0) is 36.8 Å². The lowest BCUT2D eigenvalue weighted by molar-refractivity contribution is -0.119. The van der Waals surface area contributed by atoms with Crippen LogP contribution in [0.1, 0.15) is 11.1 Å². The second kappa shape index (κ2) is 9.69. The Kier molecular flexibility index (Phi) is 7.02. The van der Waals surface area contributed by atoms with Crippen molar-refractivity contribution < 1.29 is 13.2 Å². The van der Waals surface area contributed by atoms with Crippen LogP contribution in [-0.4, -0.2) is 27.1 Å². The fraction of sp³-hybridized carbons (Fsp3) is 0.0909. The van der Waals surface area contributed by atoms with Crippen molar-refractivity contribution >= 4 is 43.8 Å². The number of halogens is 1. The van der Waals surface area contributed by atoms with Crippen molar-refractivity contribution in [3.63, 3.8) is 0 Å². The zero-order chi connectivity index (χ0) is 21.6. The summed E-state index contributed by atoms with van der Waals surface area (Å²) in [4.78, 5) is 12.7. The Hall–Kier alpha value is -2.97. The number of hydrazone groups is 1. The second-order valence-electron chi connectivity index (χ2n) is 6.43. The molecule has 0 spiro atoms. The number of nitrogens with one attached hydrogen (secondary N) is 1. The Balaban J connectivity index is 1.85. The van der Waals surface area contributed by atoms with Gasteiger partial charge in [0.15, 0.2) is 0 Å². The molecule has 0 atom stereocenters. The van der Waals surface area contributed by atoms with E-state index in [0.717, 1.165) is 19.9 Å². The van der Waals surface area contributed by atoms with Crippen molar-refractivity contribution in [3.05, 3.63) is 94.5 Å². The molecular formula is C22H20BrN3O3S. The number of carbonyl (C=O) groups is 1. The molecule has 0 aliphatic carbocycles. The maximum atomic E-state index is 13.3. The van der Waals surface area contributed by atoms with Gasteiger partial charge in [0.2, 0.25) is 0 Å². The Morgan fingerprint density at radius 3 is 2.33 bits per heavy atom. The molecule has 0 bridgehead atoms. The molecule has 0 saturated heterocycles. The summed E-state index contributed by atoms with van der Waals surface area (Å²) < 4.78 is 28.5. The molecule has 0 fully saturated rings. The van der Waals surface area contributed by atoms with Crippen molar-refractivity contribution in [2.45, 2.75) is 11.8 Å². The van der Waals surface area contributed by atoms with Crippen LogP contribution in [0.25, 0.3) is 0 Å². The molecule has 0 saturated carbocycles. The van der Waals surface area contributed by atoms with Crippen LogP contribution in [0, 0.1) is 6.92 Å². The van der Waals surface area contributed by atoms with Crippen molar-refractivity contribution in [2.75, 3.05) is 10.8 Å². The molecule has 3 aromatic rings. The molecule has 154 valence electrons. The molecule has 30 heavy (non-hydrogen) atoms. The van der Waals surface area contributed by atoms with Crippen LogP contribution < -0.4 is 9.73 Å². The molecule has 6 nitrogen and oxygen atoms in total. The van der Waals surface area contributed by atoms with Crippen LogP contribution in [-0.2, 0) is 14.8 Å². The van der Waals surface area contributed by atoms with Gasteiger partial charge in [0.05, 0.1) is 16.8 Å². The highest BCUT2D eigenvalue weighted by Gasteiger charge is 2.27. The highest BCUT2D eigenvalue weighted by molar-refractivity contribution is 9.10. The van der Waals surface area contributed by atoms with Crippen molar-refractivity contribution in [2.24, 2.45) is 5.10 Å². The van der Waals surface area contributed by atoms with E-state index in [1.807, 2.05) is 30.3 Å². The van der Waals surface area contributed by atoms with Gasteiger partial charge in [-0.3, -0.25) is 9.10 Å². The predicted octanol–water partition coefficient (Wildman–Crippen LogP) is 4.10. The number of amides is 1. The number of anilines is 1. The first-order valence-corrected chi connectivity index (χ1v) is 11.3. The first-order valence-electron chi connectivity index (χ1n) is 9.09. The van der Waals surface area contributed by atoms with E-state index < -0.39 is 22.5 Å². The number of benzene rings is 3. The van der Waals surface area contributed by atoms with Crippen LogP contribution in [0.2, 0.25) is 0 Å². The third kappa shape index (κ3) is 5.14. The number of sulfonamides is 1. The van der Waals surface area contributed by atoms with E-state index in [1.165, 1.54) is 18.3 Å². The van der Waals surface area contributed by atoms with Crippen LogP contribution in [0.5, 0.6) is 0 Å². The first kappa shape index (κ1) is 21.7. The largest absolute Gasteiger partial charge is 0.271 e. The number of aryl methyl sites for hydroxylation is 1. The molecule has 1 amide bonds. The standard InChI is InChI=1S/C22H20BrN3O3S/c1-17-9-5-8-14-21(17)26(30(28,29)19-11-3-2-4-12-19)16-22(27)25-24-15-18-10-6-7-13-20(18)23/h2-15H,16H2,1H3,(H,25,27)/b24-15+. The molecule has 3 aromatic carbocycles. The van der Waals surface area contributed by atoms with Gasteiger partial charge < -0.3 is 0 Å². The summed E-state index contributed by atoms with van der Waals surface area (Å²) in [6, 6.07) is 22.5. The quantitative estimate of drug-likeness (QED) is 0.404. The van der Waals surface area contributed by atoms with Gasteiger partial charge in [-0.25, -0.2) is 13.8 Å². The van der Waals surface area contributed by atoms with Gasteiger partial charge in [-0.2, -0.15) is 5.10 Å². The molecule has 0 heterocycles. The van der Waals surface area contributed by atoms with E-state index in [4.69, 9.17) is 0 Å². The van der Waals surface area contributed by atoms with E-state index >= 15 is 0 Å². The molecule has 8 heteroatoms. The van der Waals surface area contributed by atoms with Crippen LogP contribution in [0.3, 0.4) is 0 Å². The monoisotopic (exact) mass is 485 g/mol. The van der Waals surface area contributed by atoms with Gasteiger partial charge >= 0.3 is 0 Å². The van der Waals surface area contributed by atoms with E-state index in [9.17, 15) is 13.2 Å². The Morgan fingerprint density at radius 1 is 1.00 bits per heavy atom. The van der Waals surface area contributed by atoms with E-state index in [1.54, 1.807) is 43.3 Å². The summed E-state index contributed by atoms with van der Waals surface area (Å²) in [6.45, 7) is 1.39. The lowest BCUT2D eigenvalue weighted by Crippen LogP contribution is -2.40. The van der Waals surface area contributed by atoms with Crippen LogP contribution in [0.15, 0.2) is 93.3 Å². The first-order chi connectivity index (χ1) is 14.4. The number of hydrogen-bond donors (Lipinski definition) is 1. The maximum absolute atomic E-state index is 13.3. The number of nitrogens with zero attached hydrogens (tertiary/aromatic N) is 2. The zero-order valence-corrected chi connectivity index (χ0v) is 18.6. The number of hydrogen-bond acceptors (Lipinski definition) is 4. The lowest BCUT2D eigenvalue weighted by Gasteiger charge is -2.25. The molecule has 1 N–H and O–H groups in total. The summed E-state index contributed by atoms with van der Waals surface area (Å²) in [6.07, 6.45) is 1.49. The molecule has 3 rings (SSSR count). The summed E-state index contributed by atoms with van der Waals surface area (Å²) in [5.74, 6) is -0.555. The SMILES string of the molecule is Cc1ccccc1N(CC(=O)N/N=C/c1ccccc1Br)S(=O)(=O)c1ccccc1. The second-order valence-corrected chi connectivity index (χ2v) is 9.14. The third-order valence-corrected chi connectivity index (χ3v) is 6.80. The lowest BCUT2D eigenvalue weighted by atomic mass is 10.2. The molecule has 0 radical (unpaired) electrons. The van der Waals surface area contributed by atoms with Gasteiger partial charge in [0.25, 0.3) is 15.9 Å². The minimum atomic E-state index is -3.94. The van der Waals surface area contributed by atoms with E-state index in [-0.39, 0.29) is 4.90 Å². The summed E-state index contributed by atoms with van der Waals surface area (Å²) in [5, 5.41) is 3.95. The highest BCUT2D eigenvalue weighted by Crippen LogP contribution is 2.26. The maximum Gasteiger partial charge on any atom is 0.264 e. The van der Waals surface area contributed by atoms with E-state index in [0.29, 0.717) is 5.69 Å². The van der Waals surface area contributed by atoms with Gasteiger partial charge in [-0.1, -0.05) is 70.5 Å². The third-order valence-electron chi connectivity index (χ3n) is 4.30. The van der Waals surface area contributed by atoms with Crippen molar-refractivity contribution in [1.29, 1.82) is 0 Å². The fourth-order valence-electron chi connectivity index (χ4n) is 2.78. The van der Waals surface area contributed by atoms with Crippen LogP contribution >= 0.6 is 15.9 Å². The Morgan fingerprint density at radius 2 is 1.63 bits per heavy atom. The van der Waals surface area contributed by atoms with Crippen LogP contribution in [0.4, 0.5) is 5.69 Å². The Bertz CT molecular complexity index is 1170. The topological polar surface area (TPSA) is 78.8 Å². The van der Waals surface area contributed by atoms with Crippen molar-refractivity contribution in [3.8, 4) is 0 Å². The van der Waals surface area contributed by atoms with Gasteiger partial charge in [0, 0.05) is 10.0 Å². The fourth-order valence-corrected chi connectivity index (χ4v) is 4.68.